The van der Waals surface area contributed by atoms with Crippen molar-refractivity contribution in [1.82, 2.24) is 15.2 Å². The van der Waals surface area contributed by atoms with Crippen molar-refractivity contribution in [2.75, 3.05) is 14.1 Å². The van der Waals surface area contributed by atoms with Gasteiger partial charge in [-0.3, -0.25) is 10.1 Å². The first-order valence-electron chi connectivity index (χ1n) is 5.84. The van der Waals surface area contributed by atoms with E-state index in [1.807, 2.05) is 21.0 Å². The van der Waals surface area contributed by atoms with Crippen LogP contribution in [-0.2, 0) is 11.3 Å². The summed E-state index contributed by atoms with van der Waals surface area (Å²) in [7, 11) is 3.61. The topological polar surface area (TPSA) is 45.2 Å². The van der Waals surface area contributed by atoms with Crippen molar-refractivity contribution in [2.24, 2.45) is 0 Å². The lowest BCUT2D eigenvalue weighted by Crippen LogP contribution is -2.45. The fourth-order valence-corrected chi connectivity index (χ4v) is 2.75. The zero-order valence-corrected chi connectivity index (χ0v) is 11.6. The van der Waals surface area contributed by atoms with Gasteiger partial charge in [0.1, 0.15) is 5.01 Å². The first-order chi connectivity index (χ1) is 7.94. The van der Waals surface area contributed by atoms with Gasteiger partial charge in [-0.2, -0.15) is 0 Å². The molecule has 1 fully saturated rings. The Morgan fingerprint density at radius 3 is 2.53 bits per heavy atom. The molecule has 0 bridgehead atoms. The predicted octanol–water partition coefficient (Wildman–Crippen LogP) is 1.47. The first kappa shape index (κ1) is 12.5. The number of carbonyl (C=O) groups excluding carboxylic acids is 1. The number of amides is 1. The van der Waals surface area contributed by atoms with Gasteiger partial charge in [0.2, 0.25) is 5.91 Å². The summed E-state index contributed by atoms with van der Waals surface area (Å²) in [5, 5.41) is 4.43. The van der Waals surface area contributed by atoms with E-state index >= 15 is 0 Å². The van der Waals surface area contributed by atoms with Crippen molar-refractivity contribution >= 4 is 17.2 Å². The summed E-state index contributed by atoms with van der Waals surface area (Å²) < 4.78 is 0. The molecular weight excluding hydrogens is 234 g/mol. The van der Waals surface area contributed by atoms with Crippen molar-refractivity contribution in [3.63, 3.8) is 0 Å². The molecule has 4 nitrogen and oxygen atoms in total. The number of aromatic nitrogens is 1. The number of carbonyl (C=O) groups is 1. The molecular formula is C12H19N3OS. The number of rotatable bonds is 4. The molecule has 1 aromatic rings. The highest BCUT2D eigenvalue weighted by Gasteiger charge is 2.50. The molecule has 0 radical (unpaired) electrons. The molecule has 17 heavy (non-hydrogen) atoms. The number of nitrogens with one attached hydrogen (secondary N) is 1. The van der Waals surface area contributed by atoms with Crippen molar-refractivity contribution in [1.29, 1.82) is 0 Å². The number of nitrogens with zero attached hydrogens (tertiary/aromatic N) is 2. The maximum Gasteiger partial charge on any atom is 0.242 e. The van der Waals surface area contributed by atoms with Gasteiger partial charge in [-0.05, 0) is 26.7 Å². The van der Waals surface area contributed by atoms with Crippen molar-refractivity contribution in [3.8, 4) is 0 Å². The molecule has 0 aliphatic heterocycles. The summed E-state index contributed by atoms with van der Waals surface area (Å²) in [4.78, 5) is 19.4. The van der Waals surface area contributed by atoms with E-state index in [2.05, 4.69) is 17.2 Å². The minimum Gasteiger partial charge on any atom is -0.347 e. The van der Waals surface area contributed by atoms with Crippen LogP contribution in [0, 0.1) is 13.8 Å². The van der Waals surface area contributed by atoms with Crippen LogP contribution in [0.3, 0.4) is 0 Å². The molecule has 1 aliphatic rings. The third-order valence-corrected chi connectivity index (χ3v) is 4.29. The Morgan fingerprint density at radius 1 is 1.47 bits per heavy atom. The normalized spacial score (nSPS) is 16.9. The quantitative estimate of drug-likeness (QED) is 0.884. The number of thiazole rings is 1. The van der Waals surface area contributed by atoms with Gasteiger partial charge >= 0.3 is 0 Å². The molecule has 1 heterocycles. The average Bonchev–Trinajstić information content (AvgIpc) is 2.99. The van der Waals surface area contributed by atoms with E-state index in [4.69, 9.17) is 0 Å². The molecule has 0 unspecified atom stereocenters. The number of hydrogen-bond acceptors (Lipinski definition) is 4. The minimum absolute atomic E-state index is 0.183. The van der Waals surface area contributed by atoms with E-state index in [1.54, 1.807) is 16.2 Å². The molecule has 94 valence electrons. The van der Waals surface area contributed by atoms with Gasteiger partial charge < -0.3 is 4.90 Å². The Labute approximate surface area is 106 Å². The summed E-state index contributed by atoms with van der Waals surface area (Å²) in [5.74, 6) is 0.183. The molecule has 0 atom stereocenters. The van der Waals surface area contributed by atoms with Crippen LogP contribution in [-0.4, -0.2) is 35.4 Å². The summed E-state index contributed by atoms with van der Waals surface area (Å²) in [6, 6.07) is 0. The maximum atomic E-state index is 12.0. The van der Waals surface area contributed by atoms with Crippen LogP contribution in [0.5, 0.6) is 0 Å². The van der Waals surface area contributed by atoms with Crippen LogP contribution in [0.15, 0.2) is 0 Å². The number of likely N-dealkylation sites (N-methyl/N-ethyl adjacent to an activating group) is 1. The summed E-state index contributed by atoms with van der Waals surface area (Å²) in [5.41, 5.74) is 0.785. The molecule has 5 heteroatoms. The second kappa shape index (κ2) is 4.38. The van der Waals surface area contributed by atoms with Crippen LogP contribution >= 0.6 is 11.3 Å². The highest BCUT2D eigenvalue weighted by Crippen LogP contribution is 2.37. The molecule has 1 aromatic heterocycles. The molecule has 0 saturated heterocycles. The van der Waals surface area contributed by atoms with E-state index in [-0.39, 0.29) is 11.4 Å². The molecule has 0 spiro atoms. The minimum atomic E-state index is -0.309. The lowest BCUT2D eigenvalue weighted by molar-refractivity contribution is -0.132. The third-order valence-electron chi connectivity index (χ3n) is 3.22. The molecule has 1 aliphatic carbocycles. The maximum absolute atomic E-state index is 12.0. The van der Waals surface area contributed by atoms with Crippen LogP contribution < -0.4 is 5.32 Å². The van der Waals surface area contributed by atoms with Gasteiger partial charge in [0.15, 0.2) is 0 Å². The summed E-state index contributed by atoms with van der Waals surface area (Å²) >= 11 is 1.70. The van der Waals surface area contributed by atoms with Gasteiger partial charge in [0.25, 0.3) is 0 Å². The van der Waals surface area contributed by atoms with Crippen LogP contribution in [0.4, 0.5) is 0 Å². The molecule has 1 N–H and O–H groups in total. The predicted molar refractivity (Wildman–Crippen MR) is 69.1 cm³/mol. The summed E-state index contributed by atoms with van der Waals surface area (Å²) in [6.45, 7) is 4.79. The molecule has 2 rings (SSSR count). The molecule has 1 amide bonds. The number of hydrogen-bond donors (Lipinski definition) is 1. The van der Waals surface area contributed by atoms with Crippen LogP contribution in [0.1, 0.15) is 28.4 Å². The largest absolute Gasteiger partial charge is 0.347 e. The fourth-order valence-electron chi connectivity index (χ4n) is 1.88. The van der Waals surface area contributed by atoms with Gasteiger partial charge in [-0.25, -0.2) is 4.98 Å². The highest BCUT2D eigenvalue weighted by molar-refractivity contribution is 7.11. The van der Waals surface area contributed by atoms with E-state index in [0.29, 0.717) is 6.54 Å². The Kier molecular flexibility index (Phi) is 3.23. The van der Waals surface area contributed by atoms with Crippen LogP contribution in [0.25, 0.3) is 0 Å². The second-order valence-electron chi connectivity index (χ2n) is 4.88. The lowest BCUT2D eigenvalue weighted by Gasteiger charge is -2.20. The van der Waals surface area contributed by atoms with E-state index in [9.17, 15) is 4.79 Å². The van der Waals surface area contributed by atoms with Gasteiger partial charge in [0.05, 0.1) is 11.2 Å². The highest BCUT2D eigenvalue weighted by atomic mass is 32.1. The standard InChI is InChI=1S/C12H19N3OS/c1-8-9(2)17-10(14-8)7-13-12(5-6-12)11(16)15(3)4/h13H,5-7H2,1-4H3. The van der Waals surface area contributed by atoms with Gasteiger partial charge in [-0.1, -0.05) is 0 Å². The van der Waals surface area contributed by atoms with Gasteiger partial charge in [-0.15, -0.1) is 11.3 Å². The summed E-state index contributed by atoms with van der Waals surface area (Å²) in [6.07, 6.45) is 1.88. The Balaban J connectivity index is 1.96. The zero-order chi connectivity index (χ0) is 12.6. The fraction of sp³-hybridized carbons (Fsp3) is 0.667. The monoisotopic (exact) mass is 253 g/mol. The third kappa shape index (κ3) is 2.50. The SMILES string of the molecule is Cc1nc(CNC2(C(=O)N(C)C)CC2)sc1C. The zero-order valence-electron chi connectivity index (χ0n) is 10.8. The van der Waals surface area contributed by atoms with E-state index in [1.165, 1.54) is 4.88 Å². The van der Waals surface area contributed by atoms with E-state index < -0.39 is 0 Å². The smallest absolute Gasteiger partial charge is 0.242 e. The molecule has 0 aromatic carbocycles. The second-order valence-corrected chi connectivity index (χ2v) is 6.17. The number of aryl methyl sites for hydroxylation is 2. The first-order valence-corrected chi connectivity index (χ1v) is 6.66. The van der Waals surface area contributed by atoms with Crippen LogP contribution in [0.2, 0.25) is 0 Å². The van der Waals surface area contributed by atoms with Gasteiger partial charge in [0, 0.05) is 25.5 Å². The lowest BCUT2D eigenvalue weighted by atomic mass is 10.2. The molecule has 1 saturated carbocycles. The Bertz CT molecular complexity index is 415. The average molecular weight is 253 g/mol. The van der Waals surface area contributed by atoms with Crippen molar-refractivity contribution < 1.29 is 4.79 Å². The van der Waals surface area contributed by atoms with E-state index in [0.717, 1.165) is 23.5 Å². The Hall–Kier alpha value is -0.940. The van der Waals surface area contributed by atoms with Crippen molar-refractivity contribution in [3.05, 3.63) is 15.6 Å². The van der Waals surface area contributed by atoms with Crippen molar-refractivity contribution in [2.45, 2.75) is 38.8 Å². The Morgan fingerprint density at radius 2 is 2.12 bits per heavy atom.